The van der Waals surface area contributed by atoms with Crippen molar-refractivity contribution in [3.63, 3.8) is 0 Å². The lowest BCUT2D eigenvalue weighted by molar-refractivity contribution is -0.274. The largest absolute Gasteiger partial charge is 0.573 e. The fraction of sp³-hybridized carbons (Fsp3) is 0.273. The van der Waals surface area contributed by atoms with Crippen LogP contribution in [0.3, 0.4) is 0 Å². The molecule has 2 amide bonds. The van der Waals surface area contributed by atoms with Crippen LogP contribution < -0.4 is 19.5 Å². The number of benzene rings is 2. The van der Waals surface area contributed by atoms with Gasteiger partial charge in [0, 0.05) is 23.9 Å². The Morgan fingerprint density at radius 1 is 1.09 bits per heavy atom. The molecule has 0 aliphatic heterocycles. The van der Waals surface area contributed by atoms with Gasteiger partial charge in [0.25, 0.3) is 5.91 Å². The van der Waals surface area contributed by atoms with Crippen LogP contribution in [0.1, 0.15) is 22.8 Å². The van der Waals surface area contributed by atoms with Crippen LogP contribution in [0.25, 0.3) is 6.08 Å². The predicted octanol–water partition coefficient (Wildman–Crippen LogP) is 4.35. The molecule has 2 aromatic carbocycles. The van der Waals surface area contributed by atoms with Crippen molar-refractivity contribution in [3.05, 3.63) is 53.6 Å². The first-order valence-corrected chi connectivity index (χ1v) is 9.37. The molecule has 0 aliphatic rings. The van der Waals surface area contributed by atoms with Crippen molar-refractivity contribution in [2.45, 2.75) is 13.3 Å². The molecule has 32 heavy (non-hydrogen) atoms. The molecule has 2 aromatic rings. The summed E-state index contributed by atoms with van der Waals surface area (Å²) in [6.07, 6.45) is -1.25. The maximum Gasteiger partial charge on any atom is 0.573 e. The van der Waals surface area contributed by atoms with Crippen molar-refractivity contribution in [2.24, 2.45) is 0 Å². The number of carbonyl (C=O) groups excluding carboxylic acids is 2. The summed E-state index contributed by atoms with van der Waals surface area (Å²) in [5, 5.41) is 2.52. The van der Waals surface area contributed by atoms with E-state index in [1.54, 1.807) is 18.2 Å². The normalized spacial score (nSPS) is 11.2. The number of hydrogen-bond donors (Lipinski definition) is 1. The first-order valence-electron chi connectivity index (χ1n) is 9.37. The number of methoxy groups -OCH3 is 2. The molecule has 0 aliphatic carbocycles. The SMILES string of the molecule is C/C=C/c1cc(C(=O)N(C)CC(=O)Nc2ccc(OC(F)(F)F)cc2)cc(OC)c1OC. The second kappa shape index (κ2) is 10.6. The van der Waals surface area contributed by atoms with Gasteiger partial charge in [-0.25, -0.2) is 0 Å². The van der Waals surface area contributed by atoms with Crippen molar-refractivity contribution in [1.29, 1.82) is 0 Å². The van der Waals surface area contributed by atoms with E-state index in [4.69, 9.17) is 9.47 Å². The summed E-state index contributed by atoms with van der Waals surface area (Å²) in [5.41, 5.74) is 1.18. The molecule has 0 atom stereocenters. The molecular weight excluding hydrogens is 429 g/mol. The van der Waals surface area contributed by atoms with Crippen molar-refractivity contribution < 1.29 is 37.0 Å². The van der Waals surface area contributed by atoms with Crippen molar-refractivity contribution >= 4 is 23.6 Å². The molecule has 0 saturated carbocycles. The summed E-state index contributed by atoms with van der Waals surface area (Å²) >= 11 is 0. The van der Waals surface area contributed by atoms with Crippen LogP contribution in [0, 0.1) is 0 Å². The van der Waals surface area contributed by atoms with E-state index in [1.807, 2.05) is 6.92 Å². The van der Waals surface area contributed by atoms with Gasteiger partial charge in [0.15, 0.2) is 11.5 Å². The van der Waals surface area contributed by atoms with E-state index >= 15 is 0 Å². The molecular formula is C22H23F3N2O5. The summed E-state index contributed by atoms with van der Waals surface area (Å²) in [6, 6.07) is 7.81. The summed E-state index contributed by atoms with van der Waals surface area (Å²) < 4.78 is 51.1. The zero-order valence-electron chi connectivity index (χ0n) is 17.9. The maximum atomic E-state index is 12.8. The van der Waals surface area contributed by atoms with E-state index in [2.05, 4.69) is 10.1 Å². The number of halogens is 3. The highest BCUT2D eigenvalue weighted by molar-refractivity contribution is 6.00. The van der Waals surface area contributed by atoms with E-state index in [0.29, 0.717) is 22.6 Å². The Morgan fingerprint density at radius 3 is 2.28 bits per heavy atom. The van der Waals surface area contributed by atoms with E-state index in [9.17, 15) is 22.8 Å². The number of likely N-dealkylation sites (N-methyl/N-ethyl adjacent to an activating group) is 1. The number of nitrogens with zero attached hydrogens (tertiary/aromatic N) is 1. The van der Waals surface area contributed by atoms with Crippen LogP contribution in [-0.2, 0) is 4.79 Å². The standard InChI is InChI=1S/C22H23F3N2O5/c1-5-6-14-11-15(12-18(30-3)20(14)31-4)21(29)27(2)13-19(28)26-16-7-9-17(10-8-16)32-22(23,24)25/h5-12H,13H2,1-4H3,(H,26,28)/b6-5+. The summed E-state index contributed by atoms with van der Waals surface area (Å²) in [7, 11) is 4.40. The number of nitrogens with one attached hydrogen (secondary N) is 1. The smallest absolute Gasteiger partial charge is 0.493 e. The topological polar surface area (TPSA) is 77.1 Å². The Kier molecular flexibility index (Phi) is 8.11. The lowest BCUT2D eigenvalue weighted by Crippen LogP contribution is -2.35. The fourth-order valence-electron chi connectivity index (χ4n) is 2.87. The minimum absolute atomic E-state index is 0.256. The van der Waals surface area contributed by atoms with Crippen LogP contribution in [0.2, 0.25) is 0 Å². The number of rotatable bonds is 8. The number of allylic oxidation sites excluding steroid dienone is 1. The predicted molar refractivity (Wildman–Crippen MR) is 113 cm³/mol. The monoisotopic (exact) mass is 452 g/mol. The fourth-order valence-corrected chi connectivity index (χ4v) is 2.87. The molecule has 10 heteroatoms. The molecule has 0 spiro atoms. The lowest BCUT2D eigenvalue weighted by Gasteiger charge is -2.19. The van der Waals surface area contributed by atoms with E-state index in [1.165, 1.54) is 44.4 Å². The van der Waals surface area contributed by atoms with Crippen molar-refractivity contribution in [3.8, 4) is 17.2 Å². The van der Waals surface area contributed by atoms with Crippen LogP contribution in [0.4, 0.5) is 18.9 Å². The zero-order chi connectivity index (χ0) is 23.9. The van der Waals surface area contributed by atoms with Gasteiger partial charge in [0.2, 0.25) is 5.91 Å². The van der Waals surface area contributed by atoms with Gasteiger partial charge in [-0.15, -0.1) is 13.2 Å². The Morgan fingerprint density at radius 2 is 1.75 bits per heavy atom. The molecule has 0 bridgehead atoms. The first kappa shape index (κ1) is 24.6. The summed E-state index contributed by atoms with van der Waals surface area (Å²) in [6.45, 7) is 1.53. The van der Waals surface area contributed by atoms with Crippen LogP contribution >= 0.6 is 0 Å². The van der Waals surface area contributed by atoms with Gasteiger partial charge in [-0.2, -0.15) is 0 Å². The van der Waals surface area contributed by atoms with Crippen LogP contribution in [0.15, 0.2) is 42.5 Å². The second-order valence-electron chi connectivity index (χ2n) is 6.58. The summed E-state index contributed by atoms with van der Waals surface area (Å²) in [4.78, 5) is 26.3. The number of alkyl halides is 3. The van der Waals surface area contributed by atoms with Gasteiger partial charge in [-0.1, -0.05) is 12.2 Å². The number of hydrogen-bond acceptors (Lipinski definition) is 5. The molecule has 172 valence electrons. The highest BCUT2D eigenvalue weighted by atomic mass is 19.4. The van der Waals surface area contributed by atoms with E-state index in [0.717, 1.165) is 12.1 Å². The van der Waals surface area contributed by atoms with Gasteiger partial charge in [0.05, 0.1) is 20.8 Å². The molecule has 1 N–H and O–H groups in total. The third-order valence-electron chi connectivity index (χ3n) is 4.20. The van der Waals surface area contributed by atoms with Crippen molar-refractivity contribution in [2.75, 3.05) is 33.1 Å². The number of anilines is 1. The van der Waals surface area contributed by atoms with E-state index < -0.39 is 23.9 Å². The van der Waals surface area contributed by atoms with Gasteiger partial charge in [-0.3, -0.25) is 9.59 Å². The van der Waals surface area contributed by atoms with E-state index in [-0.39, 0.29) is 12.2 Å². The van der Waals surface area contributed by atoms with Gasteiger partial charge in [-0.05, 0) is 43.3 Å². The molecule has 0 fully saturated rings. The summed E-state index contributed by atoms with van der Waals surface area (Å²) in [5.74, 6) is -0.528. The highest BCUT2D eigenvalue weighted by Gasteiger charge is 2.31. The molecule has 0 radical (unpaired) electrons. The molecule has 7 nitrogen and oxygen atoms in total. The Labute approximate surface area is 183 Å². The van der Waals surface area contributed by atoms with Crippen LogP contribution in [0.5, 0.6) is 17.2 Å². The minimum atomic E-state index is -4.80. The maximum absolute atomic E-state index is 12.8. The van der Waals surface area contributed by atoms with Gasteiger partial charge < -0.3 is 24.4 Å². The van der Waals surface area contributed by atoms with Crippen LogP contribution in [-0.4, -0.2) is 50.9 Å². The highest BCUT2D eigenvalue weighted by Crippen LogP contribution is 2.34. The molecule has 0 saturated heterocycles. The minimum Gasteiger partial charge on any atom is -0.493 e. The Hall–Kier alpha value is -3.69. The zero-order valence-corrected chi connectivity index (χ0v) is 17.9. The molecule has 2 rings (SSSR count). The average molecular weight is 452 g/mol. The number of amides is 2. The third kappa shape index (κ3) is 6.66. The van der Waals surface area contributed by atoms with Gasteiger partial charge >= 0.3 is 6.36 Å². The average Bonchev–Trinajstić information content (AvgIpc) is 2.73. The Balaban J connectivity index is 2.08. The number of ether oxygens (including phenoxy) is 3. The Bertz CT molecular complexity index is 988. The molecule has 0 aromatic heterocycles. The van der Waals surface area contributed by atoms with Crippen molar-refractivity contribution in [1.82, 2.24) is 4.90 Å². The second-order valence-corrected chi connectivity index (χ2v) is 6.58. The lowest BCUT2D eigenvalue weighted by atomic mass is 10.1. The third-order valence-corrected chi connectivity index (χ3v) is 4.20. The van der Waals surface area contributed by atoms with Gasteiger partial charge in [0.1, 0.15) is 5.75 Å². The quantitative estimate of drug-likeness (QED) is 0.645. The molecule has 0 unspecified atom stereocenters. The molecule has 0 heterocycles. The first-order chi connectivity index (χ1) is 15.1. The number of carbonyl (C=O) groups is 2.